The van der Waals surface area contributed by atoms with Crippen LogP contribution in [0, 0.1) is 0 Å². The van der Waals surface area contributed by atoms with E-state index in [2.05, 4.69) is 37.6 Å². The van der Waals surface area contributed by atoms with Crippen molar-refractivity contribution in [2.45, 2.75) is 38.5 Å². The highest BCUT2D eigenvalue weighted by Gasteiger charge is 2.28. The van der Waals surface area contributed by atoms with Crippen molar-refractivity contribution in [1.82, 2.24) is 19.7 Å². The van der Waals surface area contributed by atoms with Crippen molar-refractivity contribution in [2.75, 3.05) is 0 Å². The molecule has 0 N–H and O–H groups in total. The second kappa shape index (κ2) is 8.41. The van der Waals surface area contributed by atoms with Crippen LogP contribution in [0.5, 0.6) is 0 Å². The van der Waals surface area contributed by atoms with Crippen molar-refractivity contribution < 1.29 is 4.42 Å². The third-order valence-electron chi connectivity index (χ3n) is 5.66. The second-order valence-corrected chi connectivity index (χ2v) is 9.35. The summed E-state index contributed by atoms with van der Waals surface area (Å²) in [5.41, 5.74) is 3.42. The molecule has 0 bridgehead atoms. The van der Waals surface area contributed by atoms with Crippen LogP contribution in [0.4, 0.5) is 0 Å². The molecule has 0 radical (unpaired) electrons. The van der Waals surface area contributed by atoms with Crippen LogP contribution in [-0.2, 0) is 6.42 Å². The summed E-state index contributed by atoms with van der Waals surface area (Å²) in [5.74, 6) is 2.22. The molecule has 5 nitrogen and oxygen atoms in total. The van der Waals surface area contributed by atoms with Crippen molar-refractivity contribution in [1.29, 1.82) is 0 Å². The van der Waals surface area contributed by atoms with Crippen LogP contribution in [-0.4, -0.2) is 19.7 Å². The first kappa shape index (κ1) is 20.7. The number of benzene rings is 2. The molecule has 4 aromatic rings. The Kier molecular flexibility index (Phi) is 5.63. The summed E-state index contributed by atoms with van der Waals surface area (Å²) in [7, 11) is 0. The number of imidazole rings is 1. The smallest absolute Gasteiger partial charge is 0.268 e. The molecule has 0 aliphatic heterocycles. The highest BCUT2D eigenvalue weighted by Crippen LogP contribution is 2.39. The van der Waals surface area contributed by atoms with Gasteiger partial charge < -0.3 is 4.42 Å². The Morgan fingerprint density at radius 2 is 1.87 bits per heavy atom. The Bertz CT molecular complexity index is 1250. The van der Waals surface area contributed by atoms with Gasteiger partial charge in [-0.3, -0.25) is 4.57 Å². The first-order chi connectivity index (χ1) is 15.0. The van der Waals surface area contributed by atoms with Crippen molar-refractivity contribution in [3.05, 3.63) is 68.6 Å². The van der Waals surface area contributed by atoms with Crippen LogP contribution < -0.4 is 0 Å². The molecule has 8 heteroatoms. The lowest BCUT2D eigenvalue weighted by Gasteiger charge is -2.20. The zero-order valence-corrected chi connectivity index (χ0v) is 19.9. The molecule has 1 aliphatic carbocycles. The number of hydrogen-bond acceptors (Lipinski definition) is 4. The minimum absolute atomic E-state index is 0.366. The van der Waals surface area contributed by atoms with Crippen LogP contribution in [0.2, 0.25) is 10.0 Å². The van der Waals surface area contributed by atoms with Gasteiger partial charge in [0.25, 0.3) is 5.89 Å². The Morgan fingerprint density at radius 1 is 1.10 bits per heavy atom. The van der Waals surface area contributed by atoms with E-state index >= 15 is 0 Å². The predicted molar refractivity (Wildman–Crippen MR) is 126 cm³/mol. The maximum atomic E-state index is 6.57. The molecule has 2 aromatic carbocycles. The summed E-state index contributed by atoms with van der Waals surface area (Å²) < 4.78 is 9.17. The third-order valence-corrected chi connectivity index (χ3v) is 6.74. The third kappa shape index (κ3) is 3.81. The van der Waals surface area contributed by atoms with Gasteiger partial charge in [-0.2, -0.15) is 0 Å². The summed E-state index contributed by atoms with van der Waals surface area (Å²) >= 11 is 16.2. The zero-order valence-electron chi connectivity index (χ0n) is 16.8. The SMILES string of the molecule is CCc1c(-c2nnc(C3CCC3)o2)nc(-c2ccc(Cl)cc2Cl)n1-c1ccc(Br)cc1. The van der Waals surface area contributed by atoms with Crippen molar-refractivity contribution >= 4 is 39.1 Å². The first-order valence-electron chi connectivity index (χ1n) is 10.2. The number of hydrogen-bond donors (Lipinski definition) is 0. The minimum Gasteiger partial charge on any atom is -0.419 e. The molecular weight excluding hydrogens is 499 g/mol. The van der Waals surface area contributed by atoms with Crippen molar-refractivity contribution in [3.8, 4) is 28.7 Å². The Hall–Kier alpha value is -2.15. The molecule has 0 unspecified atom stereocenters. The Morgan fingerprint density at radius 3 is 2.52 bits per heavy atom. The maximum Gasteiger partial charge on any atom is 0.268 e. The van der Waals surface area contributed by atoms with Gasteiger partial charge in [-0.05, 0) is 61.7 Å². The largest absolute Gasteiger partial charge is 0.419 e. The fourth-order valence-corrected chi connectivity index (χ4v) is 4.58. The van der Waals surface area contributed by atoms with E-state index in [9.17, 15) is 0 Å². The molecule has 2 heterocycles. The summed E-state index contributed by atoms with van der Waals surface area (Å²) in [5, 5.41) is 9.75. The summed E-state index contributed by atoms with van der Waals surface area (Å²) in [4.78, 5) is 4.95. The molecule has 5 rings (SSSR count). The molecule has 2 aromatic heterocycles. The van der Waals surface area contributed by atoms with Gasteiger partial charge in [0, 0.05) is 26.7 Å². The second-order valence-electron chi connectivity index (χ2n) is 7.59. The van der Waals surface area contributed by atoms with E-state index in [1.165, 1.54) is 6.42 Å². The molecule has 0 saturated heterocycles. The van der Waals surface area contributed by atoms with E-state index < -0.39 is 0 Å². The Balaban J connectivity index is 1.72. The van der Waals surface area contributed by atoms with Crippen molar-refractivity contribution in [2.24, 2.45) is 0 Å². The average molecular weight is 518 g/mol. The van der Waals surface area contributed by atoms with Crippen molar-refractivity contribution in [3.63, 3.8) is 0 Å². The van der Waals surface area contributed by atoms with E-state index in [4.69, 9.17) is 32.6 Å². The van der Waals surface area contributed by atoms with Gasteiger partial charge in [-0.1, -0.05) is 52.5 Å². The van der Waals surface area contributed by atoms with Crippen LogP contribution in [0.1, 0.15) is 43.7 Å². The van der Waals surface area contributed by atoms with Crippen LogP contribution in [0.25, 0.3) is 28.7 Å². The van der Waals surface area contributed by atoms with E-state index in [0.29, 0.717) is 39.3 Å². The van der Waals surface area contributed by atoms with Gasteiger partial charge >= 0.3 is 0 Å². The van der Waals surface area contributed by atoms with Crippen LogP contribution in [0.3, 0.4) is 0 Å². The lowest BCUT2D eigenvalue weighted by Crippen LogP contribution is -2.08. The van der Waals surface area contributed by atoms with E-state index in [-0.39, 0.29) is 0 Å². The van der Waals surface area contributed by atoms with Gasteiger partial charge in [0.05, 0.1) is 10.7 Å². The lowest BCUT2D eigenvalue weighted by atomic mass is 9.85. The molecule has 158 valence electrons. The van der Waals surface area contributed by atoms with E-state index in [0.717, 1.165) is 40.7 Å². The molecule has 31 heavy (non-hydrogen) atoms. The number of rotatable bonds is 5. The van der Waals surface area contributed by atoms with Crippen LogP contribution in [0.15, 0.2) is 51.4 Å². The normalized spacial score (nSPS) is 14.1. The number of aromatic nitrogens is 4. The maximum absolute atomic E-state index is 6.57. The Labute approximate surface area is 198 Å². The summed E-state index contributed by atoms with van der Waals surface area (Å²) in [6.45, 7) is 2.09. The van der Waals surface area contributed by atoms with Gasteiger partial charge in [-0.15, -0.1) is 10.2 Å². The average Bonchev–Trinajstić information content (AvgIpc) is 3.32. The minimum atomic E-state index is 0.366. The topological polar surface area (TPSA) is 56.7 Å². The van der Waals surface area contributed by atoms with Gasteiger partial charge in [0.1, 0.15) is 11.5 Å². The standard InChI is InChI=1S/C23H19BrCl2N4O/c1-2-19-20(23-29-28-22(31-23)13-4-3-5-13)27-21(17-11-8-15(25)12-18(17)26)30(19)16-9-6-14(24)7-10-16/h6-13H,2-5H2,1H3. The van der Waals surface area contributed by atoms with Gasteiger partial charge in [0.2, 0.25) is 5.89 Å². The number of nitrogens with zero attached hydrogens (tertiary/aromatic N) is 4. The predicted octanol–water partition coefficient (Wildman–Crippen LogP) is 7.49. The van der Waals surface area contributed by atoms with E-state index in [1.807, 2.05) is 36.4 Å². The molecule has 1 aliphatic rings. The lowest BCUT2D eigenvalue weighted by molar-refractivity contribution is 0.338. The summed E-state index contributed by atoms with van der Waals surface area (Å²) in [6, 6.07) is 13.5. The highest BCUT2D eigenvalue weighted by atomic mass is 79.9. The first-order valence-corrected chi connectivity index (χ1v) is 11.8. The zero-order chi connectivity index (χ0) is 21.5. The fourth-order valence-electron chi connectivity index (χ4n) is 3.82. The van der Waals surface area contributed by atoms with E-state index in [1.54, 1.807) is 6.07 Å². The monoisotopic (exact) mass is 516 g/mol. The number of halogens is 3. The molecule has 1 saturated carbocycles. The van der Waals surface area contributed by atoms with Gasteiger partial charge in [0.15, 0.2) is 0 Å². The molecular formula is C23H19BrCl2N4O. The molecule has 0 atom stereocenters. The molecule has 0 amide bonds. The summed E-state index contributed by atoms with van der Waals surface area (Å²) in [6.07, 6.45) is 4.13. The fraction of sp³-hybridized carbons (Fsp3) is 0.261. The quantitative estimate of drug-likeness (QED) is 0.275. The van der Waals surface area contributed by atoms with Crippen LogP contribution >= 0.6 is 39.1 Å². The highest BCUT2D eigenvalue weighted by molar-refractivity contribution is 9.10. The molecule has 1 fully saturated rings. The van der Waals surface area contributed by atoms with Gasteiger partial charge in [-0.25, -0.2) is 4.98 Å². The molecule has 0 spiro atoms.